The van der Waals surface area contributed by atoms with E-state index in [1.165, 1.54) is 19.0 Å². The highest BCUT2D eigenvalue weighted by molar-refractivity contribution is 5.62. The van der Waals surface area contributed by atoms with E-state index in [4.69, 9.17) is 10.7 Å². The smallest absolute Gasteiger partial charge is 0.383 e. The van der Waals surface area contributed by atoms with Gasteiger partial charge in [-0.25, -0.2) is 9.97 Å². The first-order valence-corrected chi connectivity index (χ1v) is 11.6. The minimum Gasteiger partial charge on any atom is -0.383 e. The molecular weight excluding hydrogens is 417 g/mol. The first-order chi connectivity index (χ1) is 15.2. The molecule has 2 aromatic rings. The Bertz CT molecular complexity index is 1030. The second-order valence-electron chi connectivity index (χ2n) is 10.3. The van der Waals surface area contributed by atoms with Crippen molar-refractivity contribution in [1.29, 1.82) is 0 Å². The summed E-state index contributed by atoms with van der Waals surface area (Å²) in [5.74, 6) is 1.60. The number of pyridine rings is 1. The standard InChI is InChI=1S/C23H29F3N6/c1-30-4-6-31(7-5-30)22-9-16(10-22)19(11-22)32-13-18(29-21(32)14-2-3-14)15-8-17(23(24,25)26)20(27)28-12-15/h8,12-14,16,19H,2-7,9-11H2,1H3,(H2,27,28)/t16?,19-,22?/m0/s1. The van der Waals surface area contributed by atoms with Gasteiger partial charge in [-0.05, 0) is 51.1 Å². The lowest BCUT2D eigenvalue weighted by molar-refractivity contribution is -0.137. The van der Waals surface area contributed by atoms with Crippen LogP contribution in [0.1, 0.15) is 55.5 Å². The number of nitrogens with two attached hydrogens (primary N) is 1. The van der Waals surface area contributed by atoms with Crippen molar-refractivity contribution in [2.45, 2.75) is 55.8 Å². The Labute approximate surface area is 185 Å². The number of piperazine rings is 1. The predicted octanol–water partition coefficient (Wildman–Crippen LogP) is 3.76. The van der Waals surface area contributed by atoms with Crippen LogP contribution in [0.3, 0.4) is 0 Å². The number of fused-ring (bicyclic) bond motifs is 1. The molecule has 3 heterocycles. The third-order valence-corrected chi connectivity index (χ3v) is 8.17. The largest absolute Gasteiger partial charge is 0.419 e. The van der Waals surface area contributed by atoms with Crippen molar-refractivity contribution >= 4 is 5.82 Å². The van der Waals surface area contributed by atoms with Gasteiger partial charge in [-0.15, -0.1) is 0 Å². The van der Waals surface area contributed by atoms with Gasteiger partial charge in [-0.1, -0.05) is 0 Å². The van der Waals surface area contributed by atoms with Crippen molar-refractivity contribution in [2.75, 3.05) is 39.0 Å². The average molecular weight is 447 g/mol. The number of anilines is 1. The molecule has 5 fully saturated rings. The molecule has 0 spiro atoms. The highest BCUT2D eigenvalue weighted by Crippen LogP contribution is 2.61. The lowest BCUT2D eigenvalue weighted by Gasteiger charge is -2.50. The molecule has 2 aromatic heterocycles. The first-order valence-electron chi connectivity index (χ1n) is 11.6. The monoisotopic (exact) mass is 446 g/mol. The fourth-order valence-corrected chi connectivity index (χ4v) is 6.20. The summed E-state index contributed by atoms with van der Waals surface area (Å²) in [4.78, 5) is 13.7. The minimum absolute atomic E-state index is 0.300. The van der Waals surface area contributed by atoms with Gasteiger partial charge in [0.25, 0.3) is 0 Å². The van der Waals surface area contributed by atoms with Gasteiger partial charge in [0.2, 0.25) is 0 Å². The molecule has 9 heteroatoms. The summed E-state index contributed by atoms with van der Waals surface area (Å²) in [6, 6.07) is 1.47. The number of nitrogen functional groups attached to an aromatic ring is 1. The summed E-state index contributed by atoms with van der Waals surface area (Å²) in [7, 11) is 2.18. The molecule has 4 saturated carbocycles. The highest BCUT2D eigenvalue weighted by Gasteiger charge is 2.60. The third kappa shape index (κ3) is 3.23. The Morgan fingerprint density at radius 2 is 1.81 bits per heavy atom. The second kappa shape index (κ2) is 6.93. The second-order valence-corrected chi connectivity index (χ2v) is 10.3. The molecule has 6 nitrogen and oxygen atoms in total. The molecule has 2 bridgehead atoms. The molecule has 0 radical (unpaired) electrons. The van der Waals surface area contributed by atoms with Crippen molar-refractivity contribution in [3.63, 3.8) is 0 Å². The van der Waals surface area contributed by atoms with Gasteiger partial charge >= 0.3 is 6.18 Å². The zero-order chi connectivity index (χ0) is 22.3. The zero-order valence-electron chi connectivity index (χ0n) is 18.3. The molecular formula is C23H29F3N6. The molecule has 0 amide bonds. The highest BCUT2D eigenvalue weighted by atomic mass is 19.4. The molecule has 2 N–H and O–H groups in total. The van der Waals surface area contributed by atoms with Crippen LogP contribution in [0.4, 0.5) is 19.0 Å². The number of halogens is 3. The molecule has 0 unspecified atom stereocenters. The Hall–Kier alpha value is -2.13. The SMILES string of the molecule is CN1CCN(C23CC(C2)[C@@H](n2cc(-c4cnc(N)c(C(F)(F)F)c4)nc2C2CC2)C3)CC1. The number of nitrogens with zero attached hydrogens (tertiary/aromatic N) is 5. The first kappa shape index (κ1) is 20.5. The molecule has 7 rings (SSSR count). The maximum atomic E-state index is 13.4. The lowest BCUT2D eigenvalue weighted by atomic mass is 9.75. The van der Waals surface area contributed by atoms with Gasteiger partial charge in [0, 0.05) is 61.6 Å². The van der Waals surface area contributed by atoms with E-state index < -0.39 is 17.6 Å². The van der Waals surface area contributed by atoms with Crippen LogP contribution in [-0.4, -0.2) is 63.1 Å². The van der Waals surface area contributed by atoms with Crippen molar-refractivity contribution in [2.24, 2.45) is 5.92 Å². The molecule has 4 aliphatic carbocycles. The van der Waals surface area contributed by atoms with E-state index in [2.05, 4.69) is 26.4 Å². The normalized spacial score (nSPS) is 31.1. The number of likely N-dealkylation sites (N-methyl/N-ethyl adjacent to an activating group) is 1. The number of aromatic nitrogens is 3. The van der Waals surface area contributed by atoms with E-state index in [0.29, 0.717) is 34.7 Å². The van der Waals surface area contributed by atoms with Crippen LogP contribution in [0.2, 0.25) is 0 Å². The molecule has 1 saturated heterocycles. The number of alkyl halides is 3. The molecule has 172 valence electrons. The van der Waals surface area contributed by atoms with Crippen LogP contribution in [0.15, 0.2) is 18.5 Å². The minimum atomic E-state index is -4.53. The van der Waals surface area contributed by atoms with E-state index in [9.17, 15) is 13.2 Å². The van der Waals surface area contributed by atoms with Crippen molar-refractivity contribution in [1.82, 2.24) is 24.3 Å². The van der Waals surface area contributed by atoms with Gasteiger partial charge in [0.15, 0.2) is 0 Å². The van der Waals surface area contributed by atoms with Gasteiger partial charge in [-0.3, -0.25) is 4.90 Å². The van der Waals surface area contributed by atoms with E-state index in [1.54, 1.807) is 0 Å². The fraction of sp³-hybridized carbons (Fsp3) is 0.652. The third-order valence-electron chi connectivity index (χ3n) is 8.17. The van der Waals surface area contributed by atoms with Gasteiger partial charge in [-0.2, -0.15) is 13.2 Å². The summed E-state index contributed by atoms with van der Waals surface area (Å²) in [5.41, 5.74) is 5.86. The molecule has 1 aliphatic heterocycles. The fourth-order valence-electron chi connectivity index (χ4n) is 6.20. The van der Waals surface area contributed by atoms with Crippen LogP contribution in [-0.2, 0) is 6.18 Å². The number of hydrogen-bond acceptors (Lipinski definition) is 5. The molecule has 32 heavy (non-hydrogen) atoms. The van der Waals surface area contributed by atoms with Gasteiger partial charge in [0.05, 0.1) is 11.3 Å². The Balaban J connectivity index is 1.30. The number of imidazole rings is 1. The number of rotatable bonds is 4. The lowest BCUT2D eigenvalue weighted by Crippen LogP contribution is -2.58. The maximum Gasteiger partial charge on any atom is 0.419 e. The van der Waals surface area contributed by atoms with Gasteiger partial charge in [0.1, 0.15) is 11.6 Å². The quantitative estimate of drug-likeness (QED) is 0.775. The Kier molecular flexibility index (Phi) is 4.44. The topological polar surface area (TPSA) is 63.2 Å². The van der Waals surface area contributed by atoms with Crippen LogP contribution in [0.5, 0.6) is 0 Å². The zero-order valence-corrected chi connectivity index (χ0v) is 18.3. The van der Waals surface area contributed by atoms with Crippen LogP contribution in [0.25, 0.3) is 11.3 Å². The van der Waals surface area contributed by atoms with E-state index >= 15 is 0 Å². The summed E-state index contributed by atoms with van der Waals surface area (Å²) in [6.07, 6.45) is 4.62. The summed E-state index contributed by atoms with van der Waals surface area (Å²) in [6.45, 7) is 4.48. The van der Waals surface area contributed by atoms with E-state index in [-0.39, 0.29) is 0 Å². The van der Waals surface area contributed by atoms with E-state index in [0.717, 1.165) is 57.3 Å². The summed E-state index contributed by atoms with van der Waals surface area (Å²) in [5, 5.41) is 0. The molecule has 5 aliphatic rings. The van der Waals surface area contributed by atoms with Crippen molar-refractivity contribution in [3.8, 4) is 11.3 Å². The van der Waals surface area contributed by atoms with E-state index in [1.807, 2.05) is 6.20 Å². The van der Waals surface area contributed by atoms with Crippen molar-refractivity contribution in [3.05, 3.63) is 29.8 Å². The average Bonchev–Trinajstić information content (AvgIpc) is 3.20. The maximum absolute atomic E-state index is 13.4. The number of hydrogen-bond donors (Lipinski definition) is 1. The van der Waals surface area contributed by atoms with Gasteiger partial charge < -0.3 is 15.2 Å². The molecule has 1 atom stereocenters. The van der Waals surface area contributed by atoms with Crippen LogP contribution in [0, 0.1) is 5.92 Å². The van der Waals surface area contributed by atoms with Crippen LogP contribution >= 0.6 is 0 Å². The Morgan fingerprint density at radius 1 is 1.09 bits per heavy atom. The predicted molar refractivity (Wildman–Crippen MR) is 115 cm³/mol. The summed E-state index contributed by atoms with van der Waals surface area (Å²) < 4.78 is 42.4. The van der Waals surface area contributed by atoms with Crippen LogP contribution < -0.4 is 5.73 Å². The summed E-state index contributed by atoms with van der Waals surface area (Å²) >= 11 is 0. The molecule has 0 aromatic carbocycles. The Morgan fingerprint density at radius 3 is 2.47 bits per heavy atom. The van der Waals surface area contributed by atoms with Crippen molar-refractivity contribution < 1.29 is 13.2 Å².